The van der Waals surface area contributed by atoms with Crippen molar-refractivity contribution in [2.45, 2.75) is 25.3 Å². The molecule has 1 atom stereocenters. The molecule has 0 aliphatic carbocycles. The van der Waals surface area contributed by atoms with E-state index in [9.17, 15) is 4.79 Å². The zero-order valence-electron chi connectivity index (χ0n) is 18.2. The summed E-state index contributed by atoms with van der Waals surface area (Å²) in [6, 6.07) is 12.3. The maximum absolute atomic E-state index is 12.8. The van der Waals surface area contributed by atoms with Crippen LogP contribution in [0.5, 0.6) is 11.5 Å². The van der Waals surface area contributed by atoms with Crippen molar-refractivity contribution in [3.8, 4) is 11.5 Å². The highest BCUT2D eigenvalue weighted by atomic mass is 32.1. The lowest BCUT2D eigenvalue weighted by Crippen LogP contribution is -2.42. The predicted octanol–water partition coefficient (Wildman–Crippen LogP) is 4.00. The standard InChI is InChI=1S/C24H28N2O4.H2S/c1-28-15-24(27)26-11-10-16-12-22(29-2)23(30-3)13-19(16)21(26)9-8-17-14-25-20-7-5-4-6-18(17)20;/h4-7,12-14,21,25H,8-11,15H2,1-3H3;1H2/t21-;/m0./s1. The fraction of sp³-hybridized carbons (Fsp3) is 0.375. The van der Waals surface area contributed by atoms with Crippen LogP contribution in [0.25, 0.3) is 10.9 Å². The van der Waals surface area contributed by atoms with Gasteiger partial charge in [-0.15, -0.1) is 0 Å². The minimum Gasteiger partial charge on any atom is -0.493 e. The Balaban J connectivity index is 0.00000272. The molecule has 1 aromatic heterocycles. The van der Waals surface area contributed by atoms with E-state index in [-0.39, 0.29) is 32.1 Å². The number of carbonyl (C=O) groups excluding carboxylic acids is 1. The molecule has 0 fully saturated rings. The number of nitrogens with zero attached hydrogens (tertiary/aromatic N) is 1. The highest BCUT2D eigenvalue weighted by molar-refractivity contribution is 7.59. The average Bonchev–Trinajstić information content (AvgIpc) is 3.19. The van der Waals surface area contributed by atoms with Crippen molar-refractivity contribution in [3.05, 3.63) is 59.3 Å². The number of rotatable bonds is 7. The Kier molecular flexibility index (Phi) is 7.51. The van der Waals surface area contributed by atoms with E-state index < -0.39 is 0 Å². The van der Waals surface area contributed by atoms with Gasteiger partial charge < -0.3 is 24.1 Å². The van der Waals surface area contributed by atoms with Gasteiger partial charge in [-0.1, -0.05) is 18.2 Å². The van der Waals surface area contributed by atoms with Gasteiger partial charge in [0, 0.05) is 30.8 Å². The van der Waals surface area contributed by atoms with Crippen LogP contribution in [0.15, 0.2) is 42.6 Å². The van der Waals surface area contributed by atoms with E-state index in [0.29, 0.717) is 12.3 Å². The molecule has 1 aliphatic heterocycles. The third-order valence-corrected chi connectivity index (χ3v) is 5.95. The molecular formula is C24H30N2O4S. The van der Waals surface area contributed by atoms with Gasteiger partial charge in [-0.2, -0.15) is 13.5 Å². The molecular weight excluding hydrogens is 412 g/mol. The highest BCUT2D eigenvalue weighted by Gasteiger charge is 2.32. The zero-order valence-corrected chi connectivity index (χ0v) is 19.2. The number of para-hydroxylation sites is 1. The van der Waals surface area contributed by atoms with Crippen LogP contribution in [0.4, 0.5) is 0 Å². The Bertz CT molecular complexity index is 1050. The fourth-order valence-electron chi connectivity index (χ4n) is 4.48. The number of amides is 1. The van der Waals surface area contributed by atoms with E-state index in [1.165, 1.54) is 16.5 Å². The molecule has 4 rings (SSSR count). The number of H-pyrrole nitrogens is 1. The summed E-state index contributed by atoms with van der Waals surface area (Å²) in [6.07, 6.45) is 4.54. The van der Waals surface area contributed by atoms with Gasteiger partial charge in [0.2, 0.25) is 5.91 Å². The molecule has 31 heavy (non-hydrogen) atoms. The normalized spacial score (nSPS) is 15.3. The lowest BCUT2D eigenvalue weighted by molar-refractivity contribution is -0.138. The maximum atomic E-state index is 12.8. The highest BCUT2D eigenvalue weighted by Crippen LogP contribution is 2.40. The number of hydrogen-bond donors (Lipinski definition) is 1. The van der Waals surface area contributed by atoms with Crippen LogP contribution in [-0.2, 0) is 22.4 Å². The molecule has 166 valence electrons. The number of hydrogen-bond acceptors (Lipinski definition) is 4. The lowest BCUT2D eigenvalue weighted by Gasteiger charge is -2.38. The van der Waals surface area contributed by atoms with Gasteiger partial charge in [0.25, 0.3) is 0 Å². The van der Waals surface area contributed by atoms with E-state index in [4.69, 9.17) is 14.2 Å². The molecule has 1 amide bonds. The predicted molar refractivity (Wildman–Crippen MR) is 127 cm³/mol. The summed E-state index contributed by atoms with van der Waals surface area (Å²) in [5.74, 6) is 1.43. The van der Waals surface area contributed by atoms with Gasteiger partial charge in [-0.25, -0.2) is 0 Å². The van der Waals surface area contributed by atoms with Gasteiger partial charge in [-0.05, 0) is 54.2 Å². The number of aromatic nitrogens is 1. The molecule has 0 saturated carbocycles. The number of aromatic amines is 1. The second-order valence-corrected chi connectivity index (χ2v) is 7.59. The molecule has 1 N–H and O–H groups in total. The summed E-state index contributed by atoms with van der Waals surface area (Å²) in [5, 5.41) is 1.23. The van der Waals surface area contributed by atoms with E-state index >= 15 is 0 Å². The minimum atomic E-state index is -0.0372. The van der Waals surface area contributed by atoms with Crippen molar-refractivity contribution in [2.24, 2.45) is 0 Å². The van der Waals surface area contributed by atoms with Gasteiger partial charge in [-0.3, -0.25) is 4.79 Å². The lowest BCUT2D eigenvalue weighted by atomic mass is 9.88. The monoisotopic (exact) mass is 442 g/mol. The minimum absolute atomic E-state index is 0. The van der Waals surface area contributed by atoms with Crippen LogP contribution >= 0.6 is 13.5 Å². The molecule has 0 radical (unpaired) electrons. The van der Waals surface area contributed by atoms with Crippen molar-refractivity contribution in [1.29, 1.82) is 0 Å². The molecule has 7 heteroatoms. The Morgan fingerprint density at radius 1 is 1.13 bits per heavy atom. The average molecular weight is 443 g/mol. The number of benzene rings is 2. The number of carbonyl (C=O) groups is 1. The second-order valence-electron chi connectivity index (χ2n) is 7.59. The molecule has 3 aromatic rings. The Hall–Kier alpha value is -2.64. The largest absolute Gasteiger partial charge is 0.493 e. The summed E-state index contributed by atoms with van der Waals surface area (Å²) in [4.78, 5) is 18.1. The van der Waals surface area contributed by atoms with E-state index in [1.54, 1.807) is 21.3 Å². The van der Waals surface area contributed by atoms with Crippen LogP contribution in [-0.4, -0.2) is 50.3 Å². The van der Waals surface area contributed by atoms with Gasteiger partial charge >= 0.3 is 0 Å². The van der Waals surface area contributed by atoms with Gasteiger partial charge in [0.05, 0.1) is 20.3 Å². The first kappa shape index (κ1) is 23.0. The van der Waals surface area contributed by atoms with Crippen LogP contribution in [0.1, 0.15) is 29.2 Å². The summed E-state index contributed by atoms with van der Waals surface area (Å²) in [7, 11) is 4.85. The first-order valence-electron chi connectivity index (χ1n) is 10.2. The Morgan fingerprint density at radius 2 is 1.87 bits per heavy atom. The van der Waals surface area contributed by atoms with Crippen molar-refractivity contribution in [3.63, 3.8) is 0 Å². The summed E-state index contributed by atoms with van der Waals surface area (Å²) in [5.41, 5.74) is 4.73. The molecule has 2 heterocycles. The van der Waals surface area contributed by atoms with Crippen LogP contribution < -0.4 is 9.47 Å². The zero-order chi connectivity index (χ0) is 21.1. The first-order valence-corrected chi connectivity index (χ1v) is 10.2. The molecule has 1 aliphatic rings. The number of ether oxygens (including phenoxy) is 3. The van der Waals surface area contributed by atoms with Crippen molar-refractivity contribution >= 4 is 30.3 Å². The second kappa shape index (κ2) is 10.1. The molecule has 0 bridgehead atoms. The van der Waals surface area contributed by atoms with Crippen LogP contribution in [0, 0.1) is 0 Å². The summed E-state index contributed by atoms with van der Waals surface area (Å²) >= 11 is 0. The van der Waals surface area contributed by atoms with Gasteiger partial charge in [0.15, 0.2) is 11.5 Å². The molecule has 0 spiro atoms. The summed E-state index contributed by atoms with van der Waals surface area (Å²) < 4.78 is 16.2. The van der Waals surface area contributed by atoms with E-state index in [0.717, 1.165) is 36.1 Å². The van der Waals surface area contributed by atoms with Crippen molar-refractivity contribution < 1.29 is 19.0 Å². The SMILES string of the molecule is COCC(=O)N1CCc2cc(OC)c(OC)cc2[C@@H]1CCc1c[nH]c2ccccc12.S. The quantitative estimate of drug-likeness (QED) is 0.601. The Morgan fingerprint density at radius 3 is 2.61 bits per heavy atom. The molecule has 0 unspecified atom stereocenters. The Labute approximate surface area is 189 Å². The number of fused-ring (bicyclic) bond motifs is 2. The maximum Gasteiger partial charge on any atom is 0.249 e. The number of aryl methyl sites for hydroxylation is 1. The third kappa shape index (κ3) is 4.52. The smallest absolute Gasteiger partial charge is 0.249 e. The third-order valence-electron chi connectivity index (χ3n) is 5.95. The van der Waals surface area contributed by atoms with E-state index in [2.05, 4.69) is 29.4 Å². The molecule has 6 nitrogen and oxygen atoms in total. The molecule has 0 saturated heterocycles. The van der Waals surface area contributed by atoms with Crippen LogP contribution in [0.3, 0.4) is 0 Å². The first-order chi connectivity index (χ1) is 14.7. The van der Waals surface area contributed by atoms with Crippen LogP contribution in [0.2, 0.25) is 0 Å². The van der Waals surface area contributed by atoms with Crippen molar-refractivity contribution in [1.82, 2.24) is 9.88 Å². The van der Waals surface area contributed by atoms with Crippen molar-refractivity contribution in [2.75, 3.05) is 34.5 Å². The van der Waals surface area contributed by atoms with Gasteiger partial charge in [0.1, 0.15) is 6.61 Å². The number of methoxy groups -OCH3 is 3. The number of nitrogens with one attached hydrogen (secondary N) is 1. The topological polar surface area (TPSA) is 63.8 Å². The fourth-order valence-corrected chi connectivity index (χ4v) is 4.48. The molecule has 2 aromatic carbocycles. The summed E-state index contributed by atoms with van der Waals surface area (Å²) in [6.45, 7) is 0.759. The van der Waals surface area contributed by atoms with E-state index in [1.807, 2.05) is 23.1 Å².